The molecule has 0 radical (unpaired) electrons. The molecule has 0 unspecified atom stereocenters. The Morgan fingerprint density at radius 3 is 2.46 bits per heavy atom. The van der Waals surface area contributed by atoms with Crippen LogP contribution in [-0.2, 0) is 6.54 Å². The zero-order valence-corrected chi connectivity index (χ0v) is 15.4. The van der Waals surface area contributed by atoms with Crippen LogP contribution in [0.2, 0.25) is 0 Å². The third-order valence-corrected chi connectivity index (χ3v) is 3.09. The molecule has 0 aliphatic rings. The van der Waals surface area contributed by atoms with Crippen molar-refractivity contribution < 1.29 is 13.2 Å². The summed E-state index contributed by atoms with van der Waals surface area (Å²) < 4.78 is 38.1. The minimum Gasteiger partial charge on any atom is -0.356 e. The molecule has 0 fully saturated rings. The van der Waals surface area contributed by atoms with Crippen LogP contribution in [0.1, 0.15) is 12.0 Å². The van der Waals surface area contributed by atoms with E-state index in [9.17, 15) is 13.2 Å². The highest BCUT2D eigenvalue weighted by molar-refractivity contribution is 14.0. The summed E-state index contributed by atoms with van der Waals surface area (Å²) in [5, 5.41) is 9.75. The molecule has 24 heavy (non-hydrogen) atoms. The van der Waals surface area contributed by atoms with Gasteiger partial charge in [-0.15, -0.1) is 24.0 Å². The fraction of sp³-hybridized carbons (Fsp3) is 0.333. The molecule has 2 rings (SSSR count). The largest absolute Gasteiger partial charge is 0.390 e. The van der Waals surface area contributed by atoms with Gasteiger partial charge in [-0.05, 0) is 23.8 Å². The van der Waals surface area contributed by atoms with E-state index in [1.165, 1.54) is 7.05 Å². The quantitative estimate of drug-likeness (QED) is 0.416. The summed E-state index contributed by atoms with van der Waals surface area (Å²) in [7, 11) is 1.52. The lowest BCUT2D eigenvalue weighted by atomic mass is 10.2. The Balaban J connectivity index is 0.00000288. The highest BCUT2D eigenvalue weighted by Crippen LogP contribution is 2.18. The first kappa shape index (κ1) is 20.3. The number of benzene rings is 1. The zero-order chi connectivity index (χ0) is 16.7. The minimum absolute atomic E-state index is 0. The lowest BCUT2D eigenvalue weighted by Gasteiger charge is -2.13. The van der Waals surface area contributed by atoms with Crippen molar-refractivity contribution in [3.05, 3.63) is 48.3 Å². The predicted octanol–water partition coefficient (Wildman–Crippen LogP) is 3.11. The van der Waals surface area contributed by atoms with Crippen LogP contribution in [0.5, 0.6) is 0 Å². The van der Waals surface area contributed by atoms with Crippen LogP contribution in [0.4, 0.5) is 13.2 Å². The molecule has 0 bridgehead atoms. The molecule has 0 aliphatic carbocycles. The van der Waals surface area contributed by atoms with Crippen molar-refractivity contribution in [3.63, 3.8) is 0 Å². The zero-order valence-electron chi connectivity index (χ0n) is 13.0. The molecule has 1 aromatic carbocycles. The molecule has 132 valence electrons. The van der Waals surface area contributed by atoms with Gasteiger partial charge in [-0.25, -0.2) is 4.68 Å². The Hall–Kier alpha value is -1.78. The summed E-state index contributed by atoms with van der Waals surface area (Å²) in [5.74, 6) is 0.338. The van der Waals surface area contributed by atoms with E-state index in [0.29, 0.717) is 12.5 Å². The van der Waals surface area contributed by atoms with Gasteiger partial charge < -0.3 is 10.6 Å². The second kappa shape index (κ2) is 9.50. The molecule has 0 saturated carbocycles. The first-order valence-corrected chi connectivity index (χ1v) is 7.08. The number of rotatable bonds is 5. The van der Waals surface area contributed by atoms with Gasteiger partial charge in [0.05, 0.1) is 12.1 Å². The van der Waals surface area contributed by atoms with E-state index in [-0.39, 0.29) is 30.5 Å². The molecule has 0 spiro atoms. The lowest BCUT2D eigenvalue weighted by Crippen LogP contribution is -2.38. The molecule has 1 heterocycles. The number of hydrogen-bond donors (Lipinski definition) is 2. The topological polar surface area (TPSA) is 54.2 Å². The first-order valence-electron chi connectivity index (χ1n) is 7.08. The highest BCUT2D eigenvalue weighted by Gasteiger charge is 2.26. The van der Waals surface area contributed by atoms with Crippen molar-refractivity contribution >= 4 is 29.9 Å². The molecular formula is C15H19F3IN5. The SMILES string of the molecule is CN=C(NCCC(F)(F)F)NCc1ccc(-n2cccn2)cc1.I. The summed E-state index contributed by atoms with van der Waals surface area (Å²) in [6.45, 7) is 0.256. The molecule has 9 heteroatoms. The fourth-order valence-electron chi connectivity index (χ4n) is 1.92. The lowest BCUT2D eigenvalue weighted by molar-refractivity contribution is -0.132. The van der Waals surface area contributed by atoms with Crippen molar-refractivity contribution in [1.29, 1.82) is 0 Å². The Morgan fingerprint density at radius 1 is 1.21 bits per heavy atom. The van der Waals surface area contributed by atoms with Crippen LogP contribution in [0.15, 0.2) is 47.7 Å². The normalized spacial score (nSPS) is 11.8. The minimum atomic E-state index is -4.17. The maximum Gasteiger partial charge on any atom is 0.390 e. The summed E-state index contributed by atoms with van der Waals surface area (Å²) >= 11 is 0. The predicted molar refractivity (Wildman–Crippen MR) is 97.9 cm³/mol. The monoisotopic (exact) mass is 453 g/mol. The second-order valence-electron chi connectivity index (χ2n) is 4.83. The second-order valence-corrected chi connectivity index (χ2v) is 4.83. The Labute approximate surface area is 155 Å². The van der Waals surface area contributed by atoms with Gasteiger partial charge >= 0.3 is 6.18 Å². The summed E-state index contributed by atoms with van der Waals surface area (Å²) in [5.41, 5.74) is 1.92. The van der Waals surface area contributed by atoms with E-state index in [1.807, 2.05) is 36.5 Å². The van der Waals surface area contributed by atoms with E-state index in [1.54, 1.807) is 10.9 Å². The molecule has 0 amide bonds. The fourth-order valence-corrected chi connectivity index (χ4v) is 1.92. The highest BCUT2D eigenvalue weighted by atomic mass is 127. The van der Waals surface area contributed by atoms with E-state index in [0.717, 1.165) is 11.3 Å². The average Bonchev–Trinajstić information content (AvgIpc) is 3.04. The molecule has 5 nitrogen and oxygen atoms in total. The van der Waals surface area contributed by atoms with Crippen LogP contribution in [0.3, 0.4) is 0 Å². The summed E-state index contributed by atoms with van der Waals surface area (Å²) in [4.78, 5) is 3.89. The Bertz CT molecular complexity index is 624. The van der Waals surface area contributed by atoms with Gasteiger partial charge in [0.25, 0.3) is 0 Å². The number of aromatic nitrogens is 2. The Morgan fingerprint density at radius 2 is 1.92 bits per heavy atom. The number of halogens is 4. The van der Waals surface area contributed by atoms with Gasteiger partial charge in [-0.1, -0.05) is 12.1 Å². The van der Waals surface area contributed by atoms with Crippen LogP contribution >= 0.6 is 24.0 Å². The molecule has 0 aliphatic heterocycles. The molecular weight excluding hydrogens is 434 g/mol. The van der Waals surface area contributed by atoms with Crippen molar-refractivity contribution in [2.45, 2.75) is 19.1 Å². The van der Waals surface area contributed by atoms with Crippen LogP contribution in [-0.4, -0.2) is 35.5 Å². The van der Waals surface area contributed by atoms with Gasteiger partial charge in [-0.2, -0.15) is 18.3 Å². The standard InChI is InChI=1S/C15H18F3N5.HI/c1-19-14(20-9-7-15(16,17)18)21-11-12-3-5-13(6-4-12)23-10-2-8-22-23;/h2-6,8,10H,7,9,11H2,1H3,(H2,19,20,21);1H. The molecule has 0 atom stereocenters. The average molecular weight is 453 g/mol. The molecule has 0 saturated heterocycles. The Kier molecular flexibility index (Phi) is 8.02. The molecule has 1 aromatic heterocycles. The summed E-state index contributed by atoms with van der Waals surface area (Å²) in [6.07, 6.45) is -1.52. The van der Waals surface area contributed by atoms with E-state index in [2.05, 4.69) is 20.7 Å². The van der Waals surface area contributed by atoms with Crippen LogP contribution in [0, 0.1) is 0 Å². The maximum absolute atomic E-state index is 12.1. The van der Waals surface area contributed by atoms with E-state index in [4.69, 9.17) is 0 Å². The van der Waals surface area contributed by atoms with Gasteiger partial charge in [0.2, 0.25) is 0 Å². The molecule has 2 N–H and O–H groups in total. The van der Waals surface area contributed by atoms with Crippen molar-refractivity contribution in [2.24, 2.45) is 4.99 Å². The third kappa shape index (κ3) is 6.77. The van der Waals surface area contributed by atoms with Gasteiger partial charge in [0.15, 0.2) is 5.96 Å². The maximum atomic E-state index is 12.1. The van der Waals surface area contributed by atoms with Gasteiger partial charge in [0, 0.05) is 32.5 Å². The molecule has 2 aromatic rings. The number of hydrogen-bond acceptors (Lipinski definition) is 2. The number of alkyl halides is 3. The summed E-state index contributed by atoms with van der Waals surface area (Å²) in [6, 6.07) is 9.53. The van der Waals surface area contributed by atoms with Gasteiger partial charge in [0.1, 0.15) is 0 Å². The third-order valence-electron chi connectivity index (χ3n) is 3.09. The van der Waals surface area contributed by atoms with Crippen molar-refractivity contribution in [1.82, 2.24) is 20.4 Å². The number of nitrogens with zero attached hydrogens (tertiary/aromatic N) is 3. The van der Waals surface area contributed by atoms with Crippen molar-refractivity contribution in [3.8, 4) is 5.69 Å². The van der Waals surface area contributed by atoms with E-state index >= 15 is 0 Å². The smallest absolute Gasteiger partial charge is 0.356 e. The van der Waals surface area contributed by atoms with E-state index < -0.39 is 12.6 Å². The number of guanidine groups is 1. The number of aliphatic imine (C=N–C) groups is 1. The van der Waals surface area contributed by atoms with Crippen molar-refractivity contribution in [2.75, 3.05) is 13.6 Å². The van der Waals surface area contributed by atoms with Gasteiger partial charge in [-0.3, -0.25) is 4.99 Å². The first-order chi connectivity index (χ1) is 11.0. The van der Waals surface area contributed by atoms with Crippen LogP contribution < -0.4 is 10.6 Å². The van der Waals surface area contributed by atoms with Crippen LogP contribution in [0.25, 0.3) is 5.69 Å². The number of nitrogens with one attached hydrogen (secondary N) is 2.